The van der Waals surface area contributed by atoms with Gasteiger partial charge in [0, 0.05) is 6.54 Å². The normalized spacial score (nSPS) is 23.4. The Morgan fingerprint density at radius 2 is 2.28 bits per heavy atom. The number of carbonyl (C=O) groups excluding carboxylic acids is 1. The summed E-state index contributed by atoms with van der Waals surface area (Å²) < 4.78 is 13.6. The van der Waals surface area contributed by atoms with Crippen LogP contribution < -0.4 is 0 Å². The number of likely N-dealkylation sites (tertiary alicyclic amines) is 1. The fourth-order valence-corrected chi connectivity index (χ4v) is 2.41. The van der Waals surface area contributed by atoms with E-state index in [-0.39, 0.29) is 29.9 Å². The van der Waals surface area contributed by atoms with Gasteiger partial charge in [0.25, 0.3) is 5.91 Å². The van der Waals surface area contributed by atoms with Crippen LogP contribution in [0.15, 0.2) is 18.2 Å². The minimum Gasteiger partial charge on any atom is -0.507 e. The largest absolute Gasteiger partial charge is 0.507 e. The van der Waals surface area contributed by atoms with E-state index in [9.17, 15) is 19.4 Å². The summed E-state index contributed by atoms with van der Waals surface area (Å²) >= 11 is 0. The van der Waals surface area contributed by atoms with Gasteiger partial charge in [-0.05, 0) is 24.5 Å². The van der Waals surface area contributed by atoms with Gasteiger partial charge in [-0.15, -0.1) is 0 Å². The Kier molecular flexibility index (Phi) is 3.52. The third-order valence-electron chi connectivity index (χ3n) is 3.54. The lowest BCUT2D eigenvalue weighted by molar-refractivity contribution is 0.0640. The van der Waals surface area contributed by atoms with Crippen molar-refractivity contribution in [3.63, 3.8) is 0 Å². The first-order valence-corrected chi connectivity index (χ1v) is 5.95. The molecule has 0 spiro atoms. The Balaban J connectivity index is 2.32. The van der Waals surface area contributed by atoms with E-state index >= 15 is 0 Å². The number of amides is 1. The van der Waals surface area contributed by atoms with Gasteiger partial charge in [-0.1, -0.05) is 13.0 Å². The second-order valence-corrected chi connectivity index (χ2v) is 4.65. The molecule has 1 aromatic carbocycles. The van der Waals surface area contributed by atoms with E-state index in [1.54, 1.807) is 0 Å². The molecule has 0 aliphatic carbocycles. The van der Waals surface area contributed by atoms with Gasteiger partial charge in [-0.25, -0.2) is 4.39 Å². The quantitative estimate of drug-likeness (QED) is 0.837. The highest BCUT2D eigenvalue weighted by Crippen LogP contribution is 2.29. The number of rotatable bonds is 2. The summed E-state index contributed by atoms with van der Waals surface area (Å²) in [5, 5.41) is 18.9. The molecule has 5 heteroatoms. The van der Waals surface area contributed by atoms with E-state index in [1.807, 2.05) is 6.92 Å². The molecule has 0 bridgehead atoms. The number of phenolic OH excluding ortho intramolecular Hbond substituents is 1. The van der Waals surface area contributed by atoms with Crippen LogP contribution in [0.4, 0.5) is 4.39 Å². The minimum absolute atomic E-state index is 0.151. The smallest absolute Gasteiger partial charge is 0.260 e. The van der Waals surface area contributed by atoms with Crippen LogP contribution >= 0.6 is 0 Å². The van der Waals surface area contributed by atoms with Gasteiger partial charge in [0.1, 0.15) is 17.1 Å². The summed E-state index contributed by atoms with van der Waals surface area (Å²) in [6, 6.07) is 3.46. The van der Waals surface area contributed by atoms with E-state index in [2.05, 4.69) is 0 Å². The van der Waals surface area contributed by atoms with E-state index in [4.69, 9.17) is 0 Å². The summed E-state index contributed by atoms with van der Waals surface area (Å²) in [5.41, 5.74) is -0.315. The summed E-state index contributed by atoms with van der Waals surface area (Å²) in [7, 11) is 0. The molecule has 1 aromatic rings. The van der Waals surface area contributed by atoms with Crippen LogP contribution in [0.1, 0.15) is 23.7 Å². The molecule has 2 N–H and O–H groups in total. The van der Waals surface area contributed by atoms with E-state index in [0.29, 0.717) is 6.54 Å². The summed E-state index contributed by atoms with van der Waals surface area (Å²) in [4.78, 5) is 13.7. The van der Waals surface area contributed by atoms with Crippen LogP contribution in [0.25, 0.3) is 0 Å². The zero-order valence-electron chi connectivity index (χ0n) is 10.1. The third kappa shape index (κ3) is 2.06. The van der Waals surface area contributed by atoms with Crippen molar-refractivity contribution in [3.05, 3.63) is 29.6 Å². The number of aliphatic hydroxyl groups excluding tert-OH is 1. The lowest BCUT2D eigenvalue weighted by atomic mass is 10.0. The van der Waals surface area contributed by atoms with Crippen molar-refractivity contribution in [3.8, 4) is 5.75 Å². The molecule has 98 valence electrons. The SMILES string of the molecule is CC1CCN(C(=O)c2c(O)cccc2F)C1CO. The molecular formula is C13H16FNO3. The number of phenols is 1. The van der Waals surface area contributed by atoms with Crippen molar-refractivity contribution in [1.29, 1.82) is 0 Å². The molecule has 2 rings (SSSR count). The number of halogens is 1. The third-order valence-corrected chi connectivity index (χ3v) is 3.54. The van der Waals surface area contributed by atoms with Crippen molar-refractivity contribution in [2.75, 3.05) is 13.2 Å². The van der Waals surface area contributed by atoms with Gasteiger partial charge in [0.2, 0.25) is 0 Å². The van der Waals surface area contributed by atoms with E-state index in [1.165, 1.54) is 17.0 Å². The highest BCUT2D eigenvalue weighted by molar-refractivity contribution is 5.97. The van der Waals surface area contributed by atoms with Crippen molar-refractivity contribution < 1.29 is 19.4 Å². The van der Waals surface area contributed by atoms with Crippen molar-refractivity contribution in [2.45, 2.75) is 19.4 Å². The zero-order valence-corrected chi connectivity index (χ0v) is 10.1. The maximum absolute atomic E-state index is 13.6. The first-order valence-electron chi connectivity index (χ1n) is 5.95. The predicted molar refractivity (Wildman–Crippen MR) is 63.8 cm³/mol. The standard InChI is InChI=1S/C13H16FNO3/c1-8-5-6-15(10(8)7-16)13(18)12-9(14)3-2-4-11(12)17/h2-4,8,10,16-17H,5-7H2,1H3. The van der Waals surface area contributed by atoms with Crippen LogP contribution in [-0.4, -0.2) is 40.2 Å². The van der Waals surface area contributed by atoms with E-state index in [0.717, 1.165) is 12.5 Å². The Bertz CT molecular complexity index is 443. The lowest BCUT2D eigenvalue weighted by Gasteiger charge is -2.25. The second kappa shape index (κ2) is 4.94. The molecule has 18 heavy (non-hydrogen) atoms. The van der Waals surface area contributed by atoms with Gasteiger partial charge < -0.3 is 15.1 Å². The summed E-state index contributed by atoms with van der Waals surface area (Å²) in [6.07, 6.45) is 0.770. The highest BCUT2D eigenvalue weighted by Gasteiger charge is 2.36. The number of hydrogen-bond donors (Lipinski definition) is 2. The van der Waals surface area contributed by atoms with Crippen LogP contribution in [0.3, 0.4) is 0 Å². The van der Waals surface area contributed by atoms with Crippen LogP contribution in [-0.2, 0) is 0 Å². The maximum Gasteiger partial charge on any atom is 0.260 e. The molecule has 1 aliphatic rings. The molecule has 1 aliphatic heterocycles. The Hall–Kier alpha value is -1.62. The second-order valence-electron chi connectivity index (χ2n) is 4.65. The minimum atomic E-state index is -0.740. The first-order chi connectivity index (χ1) is 8.56. The number of carbonyl (C=O) groups is 1. The maximum atomic E-state index is 13.6. The average molecular weight is 253 g/mol. The van der Waals surface area contributed by atoms with Gasteiger partial charge in [-0.3, -0.25) is 4.79 Å². The van der Waals surface area contributed by atoms with Crippen LogP contribution in [0.2, 0.25) is 0 Å². The molecule has 1 heterocycles. The molecule has 1 fully saturated rings. The molecule has 4 nitrogen and oxygen atoms in total. The van der Waals surface area contributed by atoms with Crippen molar-refractivity contribution in [1.82, 2.24) is 4.90 Å². The summed E-state index contributed by atoms with van der Waals surface area (Å²) in [5.74, 6) is -1.49. The fraction of sp³-hybridized carbons (Fsp3) is 0.462. The highest BCUT2D eigenvalue weighted by atomic mass is 19.1. The molecule has 2 atom stereocenters. The van der Waals surface area contributed by atoms with Gasteiger partial charge in [0.15, 0.2) is 0 Å². The monoisotopic (exact) mass is 253 g/mol. The molecule has 0 saturated carbocycles. The number of nitrogens with zero attached hydrogens (tertiary/aromatic N) is 1. The zero-order chi connectivity index (χ0) is 13.3. The molecule has 1 amide bonds. The predicted octanol–water partition coefficient (Wildman–Crippen LogP) is 1.37. The number of benzene rings is 1. The van der Waals surface area contributed by atoms with Gasteiger partial charge in [-0.2, -0.15) is 0 Å². The van der Waals surface area contributed by atoms with E-state index < -0.39 is 11.7 Å². The van der Waals surface area contributed by atoms with Crippen molar-refractivity contribution >= 4 is 5.91 Å². The molecule has 1 saturated heterocycles. The summed E-state index contributed by atoms with van der Waals surface area (Å²) in [6.45, 7) is 2.26. The van der Waals surface area contributed by atoms with Gasteiger partial charge in [0.05, 0.1) is 12.6 Å². The van der Waals surface area contributed by atoms with Gasteiger partial charge >= 0.3 is 0 Å². The topological polar surface area (TPSA) is 60.8 Å². The number of aliphatic hydroxyl groups is 1. The molecular weight excluding hydrogens is 237 g/mol. The lowest BCUT2D eigenvalue weighted by Crippen LogP contribution is -2.40. The Morgan fingerprint density at radius 1 is 1.56 bits per heavy atom. The number of hydrogen-bond acceptors (Lipinski definition) is 3. The molecule has 2 unspecified atom stereocenters. The average Bonchev–Trinajstić information content (AvgIpc) is 2.69. The van der Waals surface area contributed by atoms with Crippen LogP contribution in [0, 0.1) is 11.7 Å². The Labute approximate surface area is 105 Å². The van der Waals surface area contributed by atoms with Crippen molar-refractivity contribution in [2.24, 2.45) is 5.92 Å². The molecule has 0 aromatic heterocycles. The molecule has 0 radical (unpaired) electrons. The Morgan fingerprint density at radius 3 is 2.89 bits per heavy atom. The fourth-order valence-electron chi connectivity index (χ4n) is 2.41. The van der Waals surface area contributed by atoms with Crippen LogP contribution in [0.5, 0.6) is 5.75 Å². The first kappa shape index (κ1) is 12.8. The number of aromatic hydroxyl groups is 1.